The molecule has 0 saturated heterocycles. The van der Waals surface area contributed by atoms with E-state index in [1.165, 1.54) is 24.3 Å². The van der Waals surface area contributed by atoms with Crippen molar-refractivity contribution < 1.29 is 14.5 Å². The zero-order valence-corrected chi connectivity index (χ0v) is 8.54. The second-order valence-corrected chi connectivity index (χ2v) is 2.78. The summed E-state index contributed by atoms with van der Waals surface area (Å²) in [5, 5.41) is 10.4. The zero-order chi connectivity index (χ0) is 12.0. The number of allylic oxidation sites excluding steroid dienone is 1. The van der Waals surface area contributed by atoms with Crippen molar-refractivity contribution in [3.05, 3.63) is 58.0 Å². The Hall–Kier alpha value is -2.39. The third kappa shape index (κ3) is 3.08. The Balaban J connectivity index is 2.78. The van der Waals surface area contributed by atoms with E-state index in [9.17, 15) is 14.9 Å². The molecule has 0 saturated carbocycles. The Kier molecular flexibility index (Phi) is 4.00. The first-order valence-corrected chi connectivity index (χ1v) is 4.46. The monoisotopic (exact) mass is 219 g/mol. The fourth-order valence-electron chi connectivity index (χ4n) is 0.943. The number of nitro benzene ring substituents is 1. The van der Waals surface area contributed by atoms with Gasteiger partial charge in [0.05, 0.1) is 10.5 Å². The van der Waals surface area contributed by atoms with Crippen LogP contribution in [0.5, 0.6) is 0 Å². The van der Waals surface area contributed by atoms with E-state index in [0.717, 1.165) is 6.26 Å². The molecule has 0 amide bonds. The van der Waals surface area contributed by atoms with Crippen LogP contribution in [0.15, 0.2) is 42.3 Å². The lowest BCUT2D eigenvalue weighted by atomic mass is 10.2. The maximum Gasteiger partial charge on any atom is 0.343 e. The van der Waals surface area contributed by atoms with Gasteiger partial charge in [0.2, 0.25) is 0 Å². The molecule has 1 aromatic carbocycles. The normalized spacial score (nSPS) is 8.81. The number of non-ortho nitro benzene ring substituents is 1. The molecule has 16 heavy (non-hydrogen) atoms. The highest BCUT2D eigenvalue weighted by Crippen LogP contribution is 2.12. The molecular weight excluding hydrogens is 210 g/mol. The molecule has 0 unspecified atom stereocenters. The standard InChI is InChI=1S/C11H9NO4/c1-2-3-8-16-11(13)9-4-6-10(7-5-9)12(14)15/h2,4-8H,1H3. The zero-order valence-electron chi connectivity index (χ0n) is 8.54. The van der Waals surface area contributed by atoms with Gasteiger partial charge in [0.15, 0.2) is 0 Å². The van der Waals surface area contributed by atoms with Gasteiger partial charge in [-0.15, -0.1) is 0 Å². The van der Waals surface area contributed by atoms with Crippen LogP contribution in [0.1, 0.15) is 17.3 Å². The van der Waals surface area contributed by atoms with E-state index in [0.29, 0.717) is 0 Å². The first kappa shape index (κ1) is 11.7. The summed E-state index contributed by atoms with van der Waals surface area (Å²) in [4.78, 5) is 21.2. The second kappa shape index (κ2) is 5.48. The highest BCUT2D eigenvalue weighted by Gasteiger charge is 2.09. The van der Waals surface area contributed by atoms with Crippen LogP contribution in [0.2, 0.25) is 0 Å². The number of benzene rings is 1. The van der Waals surface area contributed by atoms with Gasteiger partial charge in [0.1, 0.15) is 6.26 Å². The first-order valence-electron chi connectivity index (χ1n) is 4.46. The van der Waals surface area contributed by atoms with Gasteiger partial charge in [-0.25, -0.2) is 4.79 Å². The summed E-state index contributed by atoms with van der Waals surface area (Å²) in [6.07, 6.45) is 2.72. The van der Waals surface area contributed by atoms with Crippen LogP contribution < -0.4 is 0 Å². The minimum atomic E-state index is -0.579. The minimum absolute atomic E-state index is 0.0689. The SMILES string of the molecule is CC=C=COC(=O)c1ccc([N+](=O)[O-])cc1. The van der Waals surface area contributed by atoms with E-state index in [1.54, 1.807) is 13.0 Å². The summed E-state index contributed by atoms with van der Waals surface area (Å²) in [5.41, 5.74) is 2.76. The van der Waals surface area contributed by atoms with Crippen LogP contribution in [0.3, 0.4) is 0 Å². The van der Waals surface area contributed by atoms with Gasteiger partial charge < -0.3 is 4.74 Å². The van der Waals surface area contributed by atoms with E-state index in [4.69, 9.17) is 4.74 Å². The van der Waals surface area contributed by atoms with E-state index in [2.05, 4.69) is 5.73 Å². The van der Waals surface area contributed by atoms with Gasteiger partial charge in [-0.1, -0.05) is 5.73 Å². The molecular formula is C11H9NO4. The number of nitro groups is 1. The van der Waals surface area contributed by atoms with Gasteiger partial charge in [-0.3, -0.25) is 10.1 Å². The Morgan fingerprint density at radius 1 is 1.44 bits per heavy atom. The fourth-order valence-corrected chi connectivity index (χ4v) is 0.943. The van der Waals surface area contributed by atoms with Crippen LogP contribution in [-0.4, -0.2) is 10.9 Å². The maximum absolute atomic E-state index is 11.3. The van der Waals surface area contributed by atoms with Crippen LogP contribution in [0, 0.1) is 10.1 Å². The second-order valence-electron chi connectivity index (χ2n) is 2.78. The summed E-state index contributed by atoms with van der Waals surface area (Å²) >= 11 is 0. The maximum atomic E-state index is 11.3. The van der Waals surface area contributed by atoms with E-state index < -0.39 is 10.9 Å². The first-order chi connectivity index (χ1) is 7.65. The van der Waals surface area contributed by atoms with Crippen LogP contribution in [0.4, 0.5) is 5.69 Å². The molecule has 5 heteroatoms. The smallest absolute Gasteiger partial charge is 0.343 e. The van der Waals surface area contributed by atoms with E-state index >= 15 is 0 Å². The average molecular weight is 219 g/mol. The predicted octanol–water partition coefficient (Wildman–Crippen LogP) is 2.44. The summed E-state index contributed by atoms with van der Waals surface area (Å²) in [7, 11) is 0. The van der Waals surface area contributed by atoms with E-state index in [1.807, 2.05) is 0 Å². The lowest BCUT2D eigenvalue weighted by molar-refractivity contribution is -0.384. The summed E-state index contributed by atoms with van der Waals surface area (Å²) in [5.74, 6) is -0.579. The molecule has 0 bridgehead atoms. The van der Waals surface area contributed by atoms with Crippen LogP contribution in [-0.2, 0) is 4.74 Å². The molecule has 1 aromatic rings. The molecule has 0 aliphatic carbocycles. The molecule has 0 fully saturated rings. The predicted molar refractivity (Wildman–Crippen MR) is 56.8 cm³/mol. The van der Waals surface area contributed by atoms with Crippen molar-refractivity contribution in [3.63, 3.8) is 0 Å². The molecule has 5 nitrogen and oxygen atoms in total. The average Bonchev–Trinajstić information content (AvgIpc) is 2.29. The molecule has 0 aromatic heterocycles. The van der Waals surface area contributed by atoms with Crippen LogP contribution >= 0.6 is 0 Å². The number of nitrogens with zero attached hydrogens (tertiary/aromatic N) is 1. The highest BCUT2D eigenvalue weighted by atomic mass is 16.6. The number of hydrogen-bond donors (Lipinski definition) is 0. The molecule has 0 atom stereocenters. The number of carbonyl (C=O) groups is 1. The van der Waals surface area contributed by atoms with Gasteiger partial charge in [0.25, 0.3) is 5.69 Å². The van der Waals surface area contributed by atoms with Crippen molar-refractivity contribution in [2.24, 2.45) is 0 Å². The third-order valence-corrected chi connectivity index (χ3v) is 1.71. The number of carbonyl (C=O) groups excluding carboxylic acids is 1. The van der Waals surface area contributed by atoms with Gasteiger partial charge >= 0.3 is 5.97 Å². The third-order valence-electron chi connectivity index (χ3n) is 1.71. The van der Waals surface area contributed by atoms with Crippen molar-refractivity contribution in [1.29, 1.82) is 0 Å². The molecule has 1 rings (SSSR count). The molecule has 0 radical (unpaired) electrons. The topological polar surface area (TPSA) is 69.4 Å². The van der Waals surface area contributed by atoms with Gasteiger partial charge in [-0.2, -0.15) is 0 Å². The minimum Gasteiger partial charge on any atom is -0.422 e. The summed E-state index contributed by atoms with van der Waals surface area (Å²) in [6, 6.07) is 5.17. The number of hydrogen-bond acceptors (Lipinski definition) is 4. The Morgan fingerprint density at radius 2 is 2.06 bits per heavy atom. The molecule has 0 spiro atoms. The molecule has 0 N–H and O–H groups in total. The number of rotatable bonds is 3. The van der Waals surface area contributed by atoms with Crippen molar-refractivity contribution in [2.75, 3.05) is 0 Å². The Labute approximate surface area is 91.8 Å². The number of esters is 1. The van der Waals surface area contributed by atoms with Gasteiger partial charge in [-0.05, 0) is 25.1 Å². The highest BCUT2D eigenvalue weighted by molar-refractivity contribution is 5.89. The fraction of sp³-hybridized carbons (Fsp3) is 0.0909. The van der Waals surface area contributed by atoms with Crippen molar-refractivity contribution in [2.45, 2.75) is 6.92 Å². The van der Waals surface area contributed by atoms with Crippen molar-refractivity contribution in [3.8, 4) is 0 Å². The Morgan fingerprint density at radius 3 is 2.56 bits per heavy atom. The summed E-state index contributed by atoms with van der Waals surface area (Å²) in [6.45, 7) is 1.73. The summed E-state index contributed by atoms with van der Waals surface area (Å²) < 4.78 is 4.69. The molecule has 82 valence electrons. The van der Waals surface area contributed by atoms with Crippen LogP contribution in [0.25, 0.3) is 0 Å². The molecule has 0 aliphatic rings. The van der Waals surface area contributed by atoms with Crippen molar-refractivity contribution in [1.82, 2.24) is 0 Å². The number of ether oxygens (including phenoxy) is 1. The lowest BCUT2D eigenvalue weighted by Crippen LogP contribution is -2.00. The largest absolute Gasteiger partial charge is 0.422 e. The van der Waals surface area contributed by atoms with Crippen molar-refractivity contribution >= 4 is 11.7 Å². The Bertz CT molecular complexity index is 455. The molecule has 0 heterocycles. The van der Waals surface area contributed by atoms with Gasteiger partial charge in [0, 0.05) is 12.1 Å². The lowest BCUT2D eigenvalue weighted by Gasteiger charge is -1.97. The quantitative estimate of drug-likeness (QED) is 0.257. The van der Waals surface area contributed by atoms with E-state index in [-0.39, 0.29) is 11.3 Å². The molecule has 0 aliphatic heterocycles.